The van der Waals surface area contributed by atoms with Crippen LogP contribution < -0.4 is 4.90 Å². The Balaban J connectivity index is 2.27. The summed E-state index contributed by atoms with van der Waals surface area (Å²) in [7, 11) is 0. The third-order valence-corrected chi connectivity index (χ3v) is 2.74. The molecule has 2 rings (SSSR count). The molecule has 84 valence electrons. The van der Waals surface area contributed by atoms with Crippen molar-refractivity contribution in [1.82, 2.24) is 0 Å². The molecule has 1 aromatic carbocycles. The van der Waals surface area contributed by atoms with Crippen molar-refractivity contribution in [2.75, 3.05) is 11.5 Å². The maximum absolute atomic E-state index is 11.5. The number of anilines is 1. The van der Waals surface area contributed by atoms with Crippen LogP contribution in [0.2, 0.25) is 0 Å². The number of carbonyl (C=O) groups excluding carboxylic acids is 2. The van der Waals surface area contributed by atoms with E-state index < -0.39 is 0 Å². The number of amides is 1. The predicted octanol–water partition coefficient (Wildman–Crippen LogP) is 2.23. The van der Waals surface area contributed by atoms with Gasteiger partial charge in [0.2, 0.25) is 0 Å². The normalized spacial score (nSPS) is 19.7. The lowest BCUT2D eigenvalue weighted by molar-refractivity contribution is 0.112. The SMILES string of the molecule is CCC1COC(=O)N1c1ccc(C=O)cc1. The lowest BCUT2D eigenvalue weighted by Crippen LogP contribution is -2.32. The van der Waals surface area contributed by atoms with Crippen molar-refractivity contribution in [2.45, 2.75) is 19.4 Å². The lowest BCUT2D eigenvalue weighted by atomic mass is 10.1. The van der Waals surface area contributed by atoms with E-state index in [1.54, 1.807) is 29.2 Å². The lowest BCUT2D eigenvalue weighted by Gasteiger charge is -2.19. The van der Waals surface area contributed by atoms with Crippen molar-refractivity contribution in [2.24, 2.45) is 0 Å². The number of hydrogen-bond acceptors (Lipinski definition) is 3. The van der Waals surface area contributed by atoms with Gasteiger partial charge in [0.25, 0.3) is 0 Å². The number of carbonyl (C=O) groups is 2. The fourth-order valence-electron chi connectivity index (χ4n) is 1.79. The van der Waals surface area contributed by atoms with E-state index in [1.165, 1.54) is 0 Å². The Morgan fingerprint density at radius 3 is 2.69 bits per heavy atom. The Labute approximate surface area is 93.8 Å². The highest BCUT2D eigenvalue weighted by Gasteiger charge is 2.32. The third-order valence-electron chi connectivity index (χ3n) is 2.74. The number of rotatable bonds is 3. The van der Waals surface area contributed by atoms with E-state index >= 15 is 0 Å². The van der Waals surface area contributed by atoms with Crippen LogP contribution in [0.5, 0.6) is 0 Å². The molecule has 0 aliphatic carbocycles. The Bertz CT molecular complexity index is 399. The van der Waals surface area contributed by atoms with Crippen LogP contribution in [0.25, 0.3) is 0 Å². The van der Waals surface area contributed by atoms with Gasteiger partial charge in [-0.15, -0.1) is 0 Å². The molecule has 0 spiro atoms. The van der Waals surface area contributed by atoms with E-state index in [0.717, 1.165) is 18.4 Å². The standard InChI is InChI=1S/C12H13NO3/c1-2-10-8-16-12(15)13(10)11-5-3-9(7-14)4-6-11/h3-7,10H,2,8H2,1H3. The van der Waals surface area contributed by atoms with Crippen LogP contribution in [0.4, 0.5) is 10.5 Å². The number of ether oxygens (including phenoxy) is 1. The molecule has 1 saturated heterocycles. The first-order chi connectivity index (χ1) is 7.76. The molecule has 0 bridgehead atoms. The summed E-state index contributed by atoms with van der Waals surface area (Å²) in [6.45, 7) is 2.45. The zero-order valence-electron chi connectivity index (χ0n) is 9.05. The van der Waals surface area contributed by atoms with Crippen LogP contribution in [-0.4, -0.2) is 25.0 Å². The molecule has 1 amide bonds. The Kier molecular flexibility index (Phi) is 2.90. The molecule has 4 nitrogen and oxygen atoms in total. The minimum Gasteiger partial charge on any atom is -0.447 e. The number of cyclic esters (lactones) is 1. The first kappa shape index (κ1) is 10.7. The number of benzene rings is 1. The maximum Gasteiger partial charge on any atom is 0.414 e. The molecule has 1 aliphatic heterocycles. The summed E-state index contributed by atoms with van der Waals surface area (Å²) >= 11 is 0. The van der Waals surface area contributed by atoms with Crippen LogP contribution >= 0.6 is 0 Å². The molecular weight excluding hydrogens is 206 g/mol. The van der Waals surface area contributed by atoms with Crippen molar-refractivity contribution >= 4 is 18.1 Å². The molecule has 4 heteroatoms. The summed E-state index contributed by atoms with van der Waals surface area (Å²) in [4.78, 5) is 23.7. The fraction of sp³-hybridized carbons (Fsp3) is 0.333. The molecule has 0 radical (unpaired) electrons. The second-order valence-electron chi connectivity index (χ2n) is 3.72. The van der Waals surface area contributed by atoms with E-state index in [-0.39, 0.29) is 12.1 Å². The average Bonchev–Trinajstić information content (AvgIpc) is 2.70. The van der Waals surface area contributed by atoms with Gasteiger partial charge in [0.1, 0.15) is 12.9 Å². The van der Waals surface area contributed by atoms with Crippen molar-refractivity contribution in [1.29, 1.82) is 0 Å². The summed E-state index contributed by atoms with van der Waals surface area (Å²) in [5.74, 6) is 0. The van der Waals surface area contributed by atoms with Gasteiger partial charge in [-0.2, -0.15) is 0 Å². The Morgan fingerprint density at radius 1 is 1.44 bits per heavy atom. The largest absolute Gasteiger partial charge is 0.447 e. The number of aldehydes is 1. The van der Waals surface area contributed by atoms with Gasteiger partial charge in [0, 0.05) is 11.3 Å². The third kappa shape index (κ3) is 1.78. The van der Waals surface area contributed by atoms with Crippen LogP contribution in [0.1, 0.15) is 23.7 Å². The van der Waals surface area contributed by atoms with Crippen molar-refractivity contribution < 1.29 is 14.3 Å². The van der Waals surface area contributed by atoms with Crippen LogP contribution in [0.15, 0.2) is 24.3 Å². The average molecular weight is 219 g/mol. The Morgan fingerprint density at radius 2 is 2.12 bits per heavy atom. The highest BCUT2D eigenvalue weighted by Crippen LogP contribution is 2.24. The van der Waals surface area contributed by atoms with Gasteiger partial charge in [-0.25, -0.2) is 4.79 Å². The fourth-order valence-corrected chi connectivity index (χ4v) is 1.79. The molecule has 16 heavy (non-hydrogen) atoms. The van der Waals surface area contributed by atoms with Gasteiger partial charge >= 0.3 is 6.09 Å². The zero-order chi connectivity index (χ0) is 11.5. The molecular formula is C12H13NO3. The van der Waals surface area contributed by atoms with Crippen LogP contribution in [0, 0.1) is 0 Å². The maximum atomic E-state index is 11.5. The Hall–Kier alpha value is -1.84. The minimum absolute atomic E-state index is 0.0922. The highest BCUT2D eigenvalue weighted by atomic mass is 16.6. The van der Waals surface area contributed by atoms with Crippen molar-refractivity contribution in [3.8, 4) is 0 Å². The summed E-state index contributed by atoms with van der Waals surface area (Å²) in [6.07, 6.45) is 1.32. The molecule has 1 atom stereocenters. The predicted molar refractivity (Wildman–Crippen MR) is 59.7 cm³/mol. The first-order valence-electron chi connectivity index (χ1n) is 5.27. The second kappa shape index (κ2) is 4.35. The number of nitrogens with zero attached hydrogens (tertiary/aromatic N) is 1. The topological polar surface area (TPSA) is 46.6 Å². The van der Waals surface area contributed by atoms with Crippen molar-refractivity contribution in [3.05, 3.63) is 29.8 Å². The van der Waals surface area contributed by atoms with Gasteiger partial charge in [0.15, 0.2) is 0 Å². The molecule has 0 saturated carbocycles. The van der Waals surface area contributed by atoms with E-state index in [2.05, 4.69) is 0 Å². The van der Waals surface area contributed by atoms with E-state index in [1.807, 2.05) is 6.92 Å². The second-order valence-corrected chi connectivity index (χ2v) is 3.72. The van der Waals surface area contributed by atoms with Gasteiger partial charge in [-0.3, -0.25) is 9.69 Å². The molecule has 1 unspecified atom stereocenters. The van der Waals surface area contributed by atoms with Crippen molar-refractivity contribution in [3.63, 3.8) is 0 Å². The van der Waals surface area contributed by atoms with Gasteiger partial charge in [-0.05, 0) is 30.7 Å². The quantitative estimate of drug-likeness (QED) is 0.732. The molecule has 1 heterocycles. The summed E-state index contributed by atoms with van der Waals surface area (Å²) in [5, 5.41) is 0. The molecule has 1 aromatic rings. The first-order valence-corrected chi connectivity index (χ1v) is 5.27. The molecule has 0 aromatic heterocycles. The summed E-state index contributed by atoms with van der Waals surface area (Å²) < 4.78 is 5.00. The minimum atomic E-state index is -0.314. The number of hydrogen-bond donors (Lipinski definition) is 0. The summed E-state index contributed by atoms with van der Waals surface area (Å²) in [5.41, 5.74) is 1.38. The highest BCUT2D eigenvalue weighted by molar-refractivity contribution is 5.90. The van der Waals surface area contributed by atoms with Gasteiger partial charge in [-0.1, -0.05) is 6.92 Å². The van der Waals surface area contributed by atoms with Crippen LogP contribution in [-0.2, 0) is 4.74 Å². The van der Waals surface area contributed by atoms with Gasteiger partial charge in [0.05, 0.1) is 6.04 Å². The zero-order valence-corrected chi connectivity index (χ0v) is 9.05. The molecule has 1 aliphatic rings. The molecule has 0 N–H and O–H groups in total. The smallest absolute Gasteiger partial charge is 0.414 e. The van der Waals surface area contributed by atoms with E-state index in [9.17, 15) is 9.59 Å². The van der Waals surface area contributed by atoms with Crippen LogP contribution in [0.3, 0.4) is 0 Å². The monoisotopic (exact) mass is 219 g/mol. The van der Waals surface area contributed by atoms with E-state index in [0.29, 0.717) is 12.2 Å². The van der Waals surface area contributed by atoms with E-state index in [4.69, 9.17) is 4.74 Å². The molecule has 1 fully saturated rings. The summed E-state index contributed by atoms with van der Waals surface area (Å²) in [6, 6.07) is 7.01. The van der Waals surface area contributed by atoms with Gasteiger partial charge < -0.3 is 4.74 Å².